The van der Waals surface area contributed by atoms with Crippen LogP contribution in [0.25, 0.3) is 0 Å². The fraction of sp³-hybridized carbons (Fsp3) is 0.571. The van der Waals surface area contributed by atoms with Crippen molar-refractivity contribution in [2.45, 2.75) is 40.0 Å². The molecular weight excluding hydrogens is 267 g/mol. The summed E-state index contributed by atoms with van der Waals surface area (Å²) >= 11 is 12.2. The second-order valence-electron chi connectivity index (χ2n) is 5.94. The molecule has 0 saturated carbocycles. The predicted octanol–water partition coefficient (Wildman–Crippen LogP) is 4.41. The molecule has 0 fully saturated rings. The first-order valence-corrected chi connectivity index (χ1v) is 6.87. The Hall–Kier alpha value is -0.780. The van der Waals surface area contributed by atoms with Gasteiger partial charge in [0.05, 0.1) is 5.56 Å². The van der Waals surface area contributed by atoms with Crippen LogP contribution in [0.5, 0.6) is 0 Å². The van der Waals surface area contributed by atoms with Gasteiger partial charge in [0, 0.05) is 0 Å². The van der Waals surface area contributed by atoms with Crippen LogP contribution >= 0.6 is 23.2 Å². The molecule has 4 heteroatoms. The third kappa shape index (κ3) is 2.35. The van der Waals surface area contributed by atoms with Gasteiger partial charge in [-0.1, -0.05) is 44.0 Å². The van der Waals surface area contributed by atoms with Crippen molar-refractivity contribution >= 4 is 23.2 Å². The molecule has 1 heterocycles. The Morgan fingerprint density at radius 1 is 1.22 bits per heavy atom. The van der Waals surface area contributed by atoms with Gasteiger partial charge >= 0.3 is 0 Å². The predicted molar refractivity (Wildman–Crippen MR) is 73.9 cm³/mol. The smallest absolute Gasteiger partial charge is 0.148 e. The van der Waals surface area contributed by atoms with Crippen molar-refractivity contribution in [3.05, 3.63) is 27.0 Å². The van der Waals surface area contributed by atoms with Gasteiger partial charge in [0.2, 0.25) is 0 Å². The van der Waals surface area contributed by atoms with Crippen LogP contribution in [-0.4, -0.2) is 4.98 Å². The molecule has 96 valence electrons. The topological polar surface area (TPSA) is 36.7 Å². The lowest BCUT2D eigenvalue weighted by Crippen LogP contribution is -2.27. The van der Waals surface area contributed by atoms with Crippen molar-refractivity contribution in [1.82, 2.24) is 4.98 Å². The zero-order chi connectivity index (χ0) is 13.5. The summed E-state index contributed by atoms with van der Waals surface area (Å²) in [6.45, 7) is 6.72. The fourth-order valence-corrected chi connectivity index (χ4v) is 3.17. The van der Waals surface area contributed by atoms with E-state index < -0.39 is 0 Å². The summed E-state index contributed by atoms with van der Waals surface area (Å²) < 4.78 is 0. The van der Waals surface area contributed by atoms with Gasteiger partial charge < -0.3 is 0 Å². The van der Waals surface area contributed by atoms with E-state index in [1.54, 1.807) is 0 Å². The minimum absolute atomic E-state index is 0.232. The van der Waals surface area contributed by atoms with Crippen LogP contribution in [-0.2, 0) is 12.8 Å². The van der Waals surface area contributed by atoms with Crippen molar-refractivity contribution < 1.29 is 0 Å². The Morgan fingerprint density at radius 3 is 2.44 bits per heavy atom. The first-order valence-electron chi connectivity index (χ1n) is 6.11. The molecule has 1 aliphatic rings. The van der Waals surface area contributed by atoms with Crippen molar-refractivity contribution in [1.29, 1.82) is 5.26 Å². The van der Waals surface area contributed by atoms with E-state index in [1.807, 2.05) is 0 Å². The Morgan fingerprint density at radius 2 is 1.89 bits per heavy atom. The molecule has 1 aromatic heterocycles. The van der Waals surface area contributed by atoms with Crippen LogP contribution in [0.15, 0.2) is 0 Å². The molecule has 1 aromatic rings. The number of fused-ring (bicyclic) bond motifs is 1. The van der Waals surface area contributed by atoms with E-state index in [-0.39, 0.29) is 10.6 Å². The van der Waals surface area contributed by atoms with Gasteiger partial charge in [0.15, 0.2) is 0 Å². The SMILES string of the molecule is CC(C)(C)C1CCc2c(C#N)c(Cl)nc(Cl)c2C1. The molecule has 1 aliphatic carbocycles. The molecular formula is C14H16Cl2N2. The first kappa shape index (κ1) is 13.6. The van der Waals surface area contributed by atoms with Gasteiger partial charge in [-0.2, -0.15) is 5.26 Å². The van der Waals surface area contributed by atoms with Gasteiger partial charge in [-0.05, 0) is 41.7 Å². The van der Waals surface area contributed by atoms with Gasteiger partial charge in [0.25, 0.3) is 0 Å². The molecule has 18 heavy (non-hydrogen) atoms. The number of rotatable bonds is 0. The molecule has 0 saturated heterocycles. The Labute approximate surface area is 118 Å². The lowest BCUT2D eigenvalue weighted by atomic mass is 9.70. The van der Waals surface area contributed by atoms with E-state index in [2.05, 4.69) is 31.8 Å². The van der Waals surface area contributed by atoms with Crippen LogP contribution in [0.4, 0.5) is 0 Å². The highest BCUT2D eigenvalue weighted by Crippen LogP contribution is 2.41. The molecule has 0 aromatic carbocycles. The molecule has 0 spiro atoms. The number of aromatic nitrogens is 1. The van der Waals surface area contributed by atoms with Crippen molar-refractivity contribution in [2.24, 2.45) is 11.3 Å². The van der Waals surface area contributed by atoms with E-state index in [9.17, 15) is 5.26 Å². The molecule has 1 unspecified atom stereocenters. The number of hydrogen-bond acceptors (Lipinski definition) is 2. The van der Waals surface area contributed by atoms with Crippen molar-refractivity contribution in [2.75, 3.05) is 0 Å². The monoisotopic (exact) mass is 282 g/mol. The summed E-state index contributed by atoms with van der Waals surface area (Å²) in [5.74, 6) is 0.567. The zero-order valence-electron chi connectivity index (χ0n) is 10.8. The third-order valence-electron chi connectivity index (χ3n) is 3.85. The highest BCUT2D eigenvalue weighted by atomic mass is 35.5. The number of halogens is 2. The molecule has 0 N–H and O–H groups in total. The first-order chi connectivity index (χ1) is 8.34. The highest BCUT2D eigenvalue weighted by molar-refractivity contribution is 6.33. The average molecular weight is 283 g/mol. The average Bonchev–Trinajstić information content (AvgIpc) is 2.27. The molecule has 0 bridgehead atoms. The number of nitrogens with zero attached hydrogens (tertiary/aromatic N) is 2. The maximum absolute atomic E-state index is 9.17. The van der Waals surface area contributed by atoms with Gasteiger partial charge in [-0.3, -0.25) is 0 Å². The summed E-state index contributed by atoms with van der Waals surface area (Å²) in [7, 11) is 0. The fourth-order valence-electron chi connectivity index (χ4n) is 2.61. The minimum Gasteiger partial charge on any atom is -0.223 e. The summed E-state index contributed by atoms with van der Waals surface area (Å²) in [4.78, 5) is 4.08. The summed E-state index contributed by atoms with van der Waals surface area (Å²) in [5.41, 5.74) is 2.77. The Bertz CT molecular complexity index is 524. The molecule has 0 aliphatic heterocycles. The lowest BCUT2D eigenvalue weighted by Gasteiger charge is -2.35. The number of hydrogen-bond donors (Lipinski definition) is 0. The molecule has 0 radical (unpaired) electrons. The molecule has 2 rings (SSSR count). The minimum atomic E-state index is 0.232. The van der Waals surface area contributed by atoms with Gasteiger partial charge in [-0.15, -0.1) is 0 Å². The summed E-state index contributed by atoms with van der Waals surface area (Å²) in [6.07, 6.45) is 2.82. The standard InChI is InChI=1S/C14H16Cl2N2/c1-14(2,3)8-4-5-9-10(6-8)12(15)18-13(16)11(9)7-17/h8H,4-6H2,1-3H3. The van der Waals surface area contributed by atoms with E-state index in [4.69, 9.17) is 23.2 Å². The summed E-state index contributed by atoms with van der Waals surface area (Å²) in [5, 5.41) is 9.87. The maximum Gasteiger partial charge on any atom is 0.148 e. The zero-order valence-corrected chi connectivity index (χ0v) is 12.4. The number of nitriles is 1. The highest BCUT2D eigenvalue weighted by Gasteiger charge is 2.32. The van der Waals surface area contributed by atoms with Crippen molar-refractivity contribution in [3.8, 4) is 6.07 Å². The van der Waals surface area contributed by atoms with Crippen LogP contribution in [0.3, 0.4) is 0 Å². The summed E-state index contributed by atoms with van der Waals surface area (Å²) in [6, 6.07) is 2.15. The third-order valence-corrected chi connectivity index (χ3v) is 4.43. The van der Waals surface area contributed by atoms with E-state index >= 15 is 0 Å². The van der Waals surface area contributed by atoms with E-state index in [0.717, 1.165) is 30.4 Å². The number of pyridine rings is 1. The second kappa shape index (κ2) is 4.72. The second-order valence-corrected chi connectivity index (χ2v) is 6.66. The van der Waals surface area contributed by atoms with Crippen molar-refractivity contribution in [3.63, 3.8) is 0 Å². The normalized spacial score (nSPS) is 19.2. The maximum atomic E-state index is 9.17. The quantitative estimate of drug-likeness (QED) is 0.661. The Balaban J connectivity index is 2.49. The Kier molecular flexibility index (Phi) is 3.58. The molecule has 0 amide bonds. The van der Waals surface area contributed by atoms with E-state index in [1.165, 1.54) is 0 Å². The van der Waals surface area contributed by atoms with Gasteiger partial charge in [0.1, 0.15) is 16.4 Å². The van der Waals surface area contributed by atoms with Crippen LogP contribution in [0.2, 0.25) is 10.3 Å². The van der Waals surface area contributed by atoms with Crippen LogP contribution in [0, 0.1) is 22.7 Å². The molecule has 2 nitrogen and oxygen atoms in total. The molecule has 1 atom stereocenters. The van der Waals surface area contributed by atoms with E-state index in [0.29, 0.717) is 16.6 Å². The lowest BCUT2D eigenvalue weighted by molar-refractivity contribution is 0.216. The largest absolute Gasteiger partial charge is 0.223 e. The van der Waals surface area contributed by atoms with Crippen LogP contribution in [0.1, 0.15) is 43.9 Å². The van der Waals surface area contributed by atoms with Gasteiger partial charge in [-0.25, -0.2) is 4.98 Å². The van der Waals surface area contributed by atoms with Crippen LogP contribution < -0.4 is 0 Å².